The summed E-state index contributed by atoms with van der Waals surface area (Å²) in [6.07, 6.45) is 3.26. The van der Waals surface area contributed by atoms with E-state index < -0.39 is 0 Å². The molecular formula is C12H16. The third-order valence-corrected chi connectivity index (χ3v) is 2.22. The van der Waals surface area contributed by atoms with Gasteiger partial charge in [-0.25, -0.2) is 0 Å². The summed E-state index contributed by atoms with van der Waals surface area (Å²) in [5.41, 5.74) is 4.26. The zero-order valence-electron chi connectivity index (χ0n) is 8.09. The molecule has 1 aromatic carbocycles. The Labute approximate surface area is 74.9 Å². The van der Waals surface area contributed by atoms with Gasteiger partial charge in [-0.3, -0.25) is 0 Å². The lowest BCUT2D eigenvalue weighted by atomic mass is 10.0. The van der Waals surface area contributed by atoms with Crippen LogP contribution in [-0.2, 0) is 6.42 Å². The van der Waals surface area contributed by atoms with E-state index >= 15 is 0 Å². The zero-order valence-corrected chi connectivity index (χ0v) is 8.09. The van der Waals surface area contributed by atoms with Crippen LogP contribution in [0.5, 0.6) is 0 Å². The molecule has 0 heterocycles. The molecule has 0 heteroatoms. The Balaban J connectivity index is 2.82. The van der Waals surface area contributed by atoms with Crippen molar-refractivity contribution in [2.45, 2.75) is 27.2 Å². The molecule has 0 aliphatic rings. The number of aryl methyl sites for hydroxylation is 1. The van der Waals surface area contributed by atoms with Crippen LogP contribution in [0.3, 0.4) is 0 Å². The van der Waals surface area contributed by atoms with E-state index in [1.807, 2.05) is 0 Å². The standard InChI is InChI=1S/C12H16/c1-4-10(2)9-12-8-6-5-7-11(12)3/h4-8H,9H2,1-3H3/b10-4-. The van der Waals surface area contributed by atoms with Crippen molar-refractivity contribution in [2.24, 2.45) is 0 Å². The quantitative estimate of drug-likeness (QED) is 0.581. The maximum absolute atomic E-state index is 2.20. The zero-order chi connectivity index (χ0) is 8.97. The highest BCUT2D eigenvalue weighted by molar-refractivity contribution is 5.29. The maximum Gasteiger partial charge on any atom is -0.00674 e. The predicted molar refractivity (Wildman–Crippen MR) is 54.3 cm³/mol. The molecule has 0 saturated carbocycles. The fourth-order valence-electron chi connectivity index (χ4n) is 1.21. The van der Waals surface area contributed by atoms with Crippen LogP contribution >= 0.6 is 0 Å². The van der Waals surface area contributed by atoms with E-state index in [2.05, 4.69) is 51.1 Å². The van der Waals surface area contributed by atoms with Gasteiger partial charge in [0.15, 0.2) is 0 Å². The van der Waals surface area contributed by atoms with Crippen molar-refractivity contribution < 1.29 is 0 Å². The minimum absolute atomic E-state index is 1.09. The fraction of sp³-hybridized carbons (Fsp3) is 0.333. The maximum atomic E-state index is 2.20. The number of benzene rings is 1. The van der Waals surface area contributed by atoms with Crippen LogP contribution in [0.15, 0.2) is 35.9 Å². The van der Waals surface area contributed by atoms with Gasteiger partial charge in [0.2, 0.25) is 0 Å². The van der Waals surface area contributed by atoms with E-state index in [9.17, 15) is 0 Å². The lowest BCUT2D eigenvalue weighted by Gasteiger charge is -2.04. The van der Waals surface area contributed by atoms with E-state index in [0.717, 1.165) is 6.42 Å². The minimum Gasteiger partial charge on any atom is -0.0884 e. The topological polar surface area (TPSA) is 0 Å². The van der Waals surface area contributed by atoms with Crippen LogP contribution in [-0.4, -0.2) is 0 Å². The van der Waals surface area contributed by atoms with Gasteiger partial charge < -0.3 is 0 Å². The summed E-state index contributed by atoms with van der Waals surface area (Å²) in [7, 11) is 0. The first kappa shape index (κ1) is 9.05. The second-order valence-corrected chi connectivity index (χ2v) is 3.24. The van der Waals surface area contributed by atoms with Crippen molar-refractivity contribution in [3.05, 3.63) is 47.0 Å². The molecule has 0 nitrogen and oxygen atoms in total. The molecule has 0 N–H and O–H groups in total. The third-order valence-electron chi connectivity index (χ3n) is 2.22. The predicted octanol–water partition coefficient (Wildman–Crippen LogP) is 3.50. The number of allylic oxidation sites excluding steroid dienone is 2. The molecule has 0 radical (unpaired) electrons. The highest BCUT2D eigenvalue weighted by Gasteiger charge is 1.96. The summed E-state index contributed by atoms with van der Waals surface area (Å²) in [4.78, 5) is 0. The summed E-state index contributed by atoms with van der Waals surface area (Å²) in [5.74, 6) is 0. The van der Waals surface area contributed by atoms with Crippen molar-refractivity contribution >= 4 is 0 Å². The van der Waals surface area contributed by atoms with Crippen LogP contribution < -0.4 is 0 Å². The summed E-state index contributed by atoms with van der Waals surface area (Å²) < 4.78 is 0. The Morgan fingerprint density at radius 3 is 2.58 bits per heavy atom. The highest BCUT2D eigenvalue weighted by Crippen LogP contribution is 2.11. The Morgan fingerprint density at radius 2 is 2.00 bits per heavy atom. The highest BCUT2D eigenvalue weighted by atomic mass is 14.0. The van der Waals surface area contributed by atoms with Crippen molar-refractivity contribution in [3.8, 4) is 0 Å². The smallest absolute Gasteiger partial charge is 0.00674 e. The molecule has 0 fully saturated rings. The van der Waals surface area contributed by atoms with E-state index in [1.54, 1.807) is 0 Å². The molecule has 0 aromatic heterocycles. The van der Waals surface area contributed by atoms with E-state index in [1.165, 1.54) is 16.7 Å². The second-order valence-electron chi connectivity index (χ2n) is 3.24. The van der Waals surface area contributed by atoms with Crippen LogP contribution in [0.25, 0.3) is 0 Å². The Hall–Kier alpha value is -1.04. The summed E-state index contributed by atoms with van der Waals surface area (Å²) >= 11 is 0. The van der Waals surface area contributed by atoms with E-state index in [-0.39, 0.29) is 0 Å². The van der Waals surface area contributed by atoms with Crippen molar-refractivity contribution in [3.63, 3.8) is 0 Å². The van der Waals surface area contributed by atoms with Gasteiger partial charge >= 0.3 is 0 Å². The monoisotopic (exact) mass is 160 g/mol. The summed E-state index contributed by atoms with van der Waals surface area (Å²) in [6.45, 7) is 6.43. The Kier molecular flexibility index (Phi) is 3.09. The number of hydrogen-bond acceptors (Lipinski definition) is 0. The van der Waals surface area contributed by atoms with Crippen molar-refractivity contribution in [1.82, 2.24) is 0 Å². The largest absolute Gasteiger partial charge is 0.0884 e. The Morgan fingerprint density at radius 1 is 1.33 bits per heavy atom. The van der Waals surface area contributed by atoms with E-state index in [4.69, 9.17) is 0 Å². The van der Waals surface area contributed by atoms with Crippen LogP contribution in [0.4, 0.5) is 0 Å². The van der Waals surface area contributed by atoms with Crippen LogP contribution in [0, 0.1) is 6.92 Å². The molecule has 0 bridgehead atoms. The molecule has 0 atom stereocenters. The lowest BCUT2D eigenvalue weighted by molar-refractivity contribution is 1.11. The van der Waals surface area contributed by atoms with Gasteiger partial charge in [-0.1, -0.05) is 35.9 Å². The second kappa shape index (κ2) is 4.10. The molecule has 0 unspecified atom stereocenters. The van der Waals surface area contributed by atoms with Crippen LogP contribution in [0.1, 0.15) is 25.0 Å². The molecule has 0 saturated heterocycles. The molecule has 0 aliphatic heterocycles. The summed E-state index contributed by atoms with van der Waals surface area (Å²) in [5, 5.41) is 0. The van der Waals surface area contributed by atoms with Gasteiger partial charge in [-0.15, -0.1) is 0 Å². The first-order chi connectivity index (χ1) is 5.74. The first-order valence-electron chi connectivity index (χ1n) is 4.40. The third kappa shape index (κ3) is 2.23. The van der Waals surface area contributed by atoms with Gasteiger partial charge in [-0.2, -0.15) is 0 Å². The molecule has 0 aliphatic carbocycles. The van der Waals surface area contributed by atoms with Crippen molar-refractivity contribution in [2.75, 3.05) is 0 Å². The molecular weight excluding hydrogens is 144 g/mol. The van der Waals surface area contributed by atoms with Gasteiger partial charge in [-0.05, 0) is 38.3 Å². The first-order valence-corrected chi connectivity index (χ1v) is 4.40. The van der Waals surface area contributed by atoms with Crippen molar-refractivity contribution in [1.29, 1.82) is 0 Å². The molecule has 12 heavy (non-hydrogen) atoms. The van der Waals surface area contributed by atoms with Gasteiger partial charge in [0.1, 0.15) is 0 Å². The lowest BCUT2D eigenvalue weighted by Crippen LogP contribution is -1.89. The minimum atomic E-state index is 1.09. The molecule has 1 aromatic rings. The SMILES string of the molecule is C/C=C(/C)Cc1ccccc1C. The average Bonchev–Trinajstić information content (AvgIpc) is 2.09. The normalized spacial score (nSPS) is 11.8. The van der Waals surface area contributed by atoms with Crippen LogP contribution in [0.2, 0.25) is 0 Å². The molecule has 64 valence electrons. The van der Waals surface area contributed by atoms with E-state index in [0.29, 0.717) is 0 Å². The number of hydrogen-bond donors (Lipinski definition) is 0. The molecule has 1 rings (SSSR count). The Bertz CT molecular complexity index is 282. The van der Waals surface area contributed by atoms with Gasteiger partial charge in [0, 0.05) is 0 Å². The fourth-order valence-corrected chi connectivity index (χ4v) is 1.21. The number of rotatable bonds is 2. The van der Waals surface area contributed by atoms with Gasteiger partial charge in [0.05, 0.1) is 0 Å². The average molecular weight is 160 g/mol. The van der Waals surface area contributed by atoms with Gasteiger partial charge in [0.25, 0.3) is 0 Å². The molecule has 0 amide bonds. The summed E-state index contributed by atoms with van der Waals surface area (Å²) in [6, 6.07) is 8.55. The molecule has 0 spiro atoms.